The summed E-state index contributed by atoms with van der Waals surface area (Å²) in [5.74, 6) is -0.995. The number of anilines is 2. The number of nitrogens with one attached hydrogen (secondary N) is 1. The Hall–Kier alpha value is -3.64. The van der Waals surface area contributed by atoms with Crippen LogP contribution in [0.4, 0.5) is 15.8 Å². The summed E-state index contributed by atoms with van der Waals surface area (Å²) in [6, 6.07) is 18.9. The van der Waals surface area contributed by atoms with E-state index in [1.54, 1.807) is 48.5 Å². The molecule has 1 aliphatic rings. The SMILES string of the molecule is COc1ccccc1C1=C(Nc2ccc(F)cc2)C(=O)N(c2ccc(Cl)cc2)C1=O. The first kappa shape index (κ1) is 19.7. The average Bonchev–Trinajstić information content (AvgIpc) is 3.00. The highest BCUT2D eigenvalue weighted by Crippen LogP contribution is 2.37. The van der Waals surface area contributed by atoms with Crippen molar-refractivity contribution in [3.63, 3.8) is 0 Å². The Morgan fingerprint density at radius 1 is 0.900 bits per heavy atom. The van der Waals surface area contributed by atoms with Crippen molar-refractivity contribution < 1.29 is 18.7 Å². The van der Waals surface area contributed by atoms with E-state index < -0.39 is 17.6 Å². The van der Waals surface area contributed by atoms with Crippen LogP contribution < -0.4 is 15.0 Å². The lowest BCUT2D eigenvalue weighted by Gasteiger charge is -2.15. The summed E-state index contributed by atoms with van der Waals surface area (Å²) in [5, 5.41) is 3.47. The number of methoxy groups -OCH3 is 1. The van der Waals surface area contributed by atoms with E-state index in [0.717, 1.165) is 4.90 Å². The number of amides is 2. The lowest BCUT2D eigenvalue weighted by atomic mass is 10.0. The largest absolute Gasteiger partial charge is 0.496 e. The molecule has 1 aliphatic heterocycles. The highest BCUT2D eigenvalue weighted by Gasteiger charge is 2.41. The minimum absolute atomic E-state index is 0.0751. The van der Waals surface area contributed by atoms with Gasteiger partial charge in [-0.05, 0) is 54.6 Å². The van der Waals surface area contributed by atoms with Crippen molar-refractivity contribution in [3.05, 3.63) is 94.9 Å². The Kier molecular flexibility index (Phi) is 5.25. The van der Waals surface area contributed by atoms with E-state index in [0.29, 0.717) is 27.7 Å². The number of rotatable bonds is 5. The summed E-state index contributed by atoms with van der Waals surface area (Å²) in [7, 11) is 1.49. The van der Waals surface area contributed by atoms with Crippen molar-refractivity contribution in [2.45, 2.75) is 0 Å². The number of para-hydroxylation sites is 1. The van der Waals surface area contributed by atoms with Gasteiger partial charge in [-0.3, -0.25) is 9.59 Å². The summed E-state index contributed by atoms with van der Waals surface area (Å²) < 4.78 is 18.7. The maximum absolute atomic E-state index is 13.4. The van der Waals surface area contributed by atoms with Gasteiger partial charge in [0.05, 0.1) is 18.4 Å². The molecule has 2 amide bonds. The number of nitrogens with zero attached hydrogens (tertiary/aromatic N) is 1. The molecule has 1 heterocycles. The first-order chi connectivity index (χ1) is 14.5. The molecule has 0 atom stereocenters. The van der Waals surface area contributed by atoms with Crippen LogP contribution in [0, 0.1) is 5.82 Å². The van der Waals surface area contributed by atoms with Gasteiger partial charge in [-0.25, -0.2) is 9.29 Å². The Labute approximate surface area is 177 Å². The molecular formula is C23H16ClFN2O3. The van der Waals surface area contributed by atoms with Gasteiger partial charge < -0.3 is 10.1 Å². The second-order valence-electron chi connectivity index (χ2n) is 6.50. The van der Waals surface area contributed by atoms with Crippen LogP contribution in [0.2, 0.25) is 5.02 Å². The van der Waals surface area contributed by atoms with Crippen LogP contribution in [-0.4, -0.2) is 18.9 Å². The molecular weight excluding hydrogens is 407 g/mol. The van der Waals surface area contributed by atoms with Crippen molar-refractivity contribution in [2.75, 3.05) is 17.3 Å². The third-order valence-electron chi connectivity index (χ3n) is 4.66. The van der Waals surface area contributed by atoms with Gasteiger partial charge in [0.25, 0.3) is 11.8 Å². The lowest BCUT2D eigenvalue weighted by Crippen LogP contribution is -2.32. The molecule has 0 fully saturated rings. The summed E-state index contributed by atoms with van der Waals surface area (Å²) in [5.41, 5.74) is 1.57. The zero-order valence-corrected chi connectivity index (χ0v) is 16.6. The zero-order chi connectivity index (χ0) is 21.3. The molecule has 5 nitrogen and oxygen atoms in total. The van der Waals surface area contributed by atoms with Gasteiger partial charge in [-0.2, -0.15) is 0 Å². The van der Waals surface area contributed by atoms with E-state index in [9.17, 15) is 14.0 Å². The molecule has 0 bridgehead atoms. The molecule has 0 aliphatic carbocycles. The lowest BCUT2D eigenvalue weighted by molar-refractivity contribution is -0.120. The number of ether oxygens (including phenoxy) is 1. The summed E-state index contributed by atoms with van der Waals surface area (Å²) in [6.07, 6.45) is 0. The van der Waals surface area contributed by atoms with Gasteiger partial charge in [0.2, 0.25) is 0 Å². The maximum atomic E-state index is 13.4. The van der Waals surface area contributed by atoms with E-state index in [1.165, 1.54) is 31.4 Å². The quantitative estimate of drug-likeness (QED) is 0.595. The predicted octanol–water partition coefficient (Wildman–Crippen LogP) is 4.88. The molecule has 7 heteroatoms. The van der Waals surface area contributed by atoms with Crippen molar-refractivity contribution >= 4 is 40.4 Å². The van der Waals surface area contributed by atoms with Crippen molar-refractivity contribution in [1.29, 1.82) is 0 Å². The number of hydrogen-bond acceptors (Lipinski definition) is 4. The topological polar surface area (TPSA) is 58.6 Å². The van der Waals surface area contributed by atoms with Gasteiger partial charge in [-0.15, -0.1) is 0 Å². The first-order valence-corrected chi connectivity index (χ1v) is 9.42. The maximum Gasteiger partial charge on any atom is 0.282 e. The Balaban J connectivity index is 1.85. The predicted molar refractivity (Wildman–Crippen MR) is 114 cm³/mol. The fourth-order valence-corrected chi connectivity index (χ4v) is 3.37. The monoisotopic (exact) mass is 422 g/mol. The van der Waals surface area contributed by atoms with E-state index in [2.05, 4.69) is 5.32 Å². The minimum atomic E-state index is -0.535. The molecule has 0 radical (unpaired) electrons. The van der Waals surface area contributed by atoms with Crippen molar-refractivity contribution in [1.82, 2.24) is 0 Å². The number of hydrogen-bond donors (Lipinski definition) is 1. The van der Waals surface area contributed by atoms with Crippen LogP contribution in [0.25, 0.3) is 5.57 Å². The van der Waals surface area contributed by atoms with E-state index in [-0.39, 0.29) is 11.3 Å². The normalized spacial score (nSPS) is 13.8. The molecule has 150 valence electrons. The van der Waals surface area contributed by atoms with Crippen LogP contribution in [-0.2, 0) is 9.59 Å². The minimum Gasteiger partial charge on any atom is -0.496 e. The molecule has 30 heavy (non-hydrogen) atoms. The number of carbonyl (C=O) groups is 2. The highest BCUT2D eigenvalue weighted by molar-refractivity contribution is 6.46. The molecule has 3 aromatic rings. The van der Waals surface area contributed by atoms with Gasteiger partial charge in [0.15, 0.2) is 0 Å². The highest BCUT2D eigenvalue weighted by atomic mass is 35.5. The number of halogens is 2. The van der Waals surface area contributed by atoms with Crippen LogP contribution in [0.15, 0.2) is 78.5 Å². The first-order valence-electron chi connectivity index (χ1n) is 9.04. The molecule has 1 N–H and O–H groups in total. The van der Waals surface area contributed by atoms with Gasteiger partial charge in [0, 0.05) is 16.3 Å². The molecule has 3 aromatic carbocycles. The molecule has 4 rings (SSSR count). The smallest absolute Gasteiger partial charge is 0.282 e. The number of imide groups is 1. The van der Waals surface area contributed by atoms with Gasteiger partial charge in [-0.1, -0.05) is 29.8 Å². The van der Waals surface area contributed by atoms with Crippen LogP contribution in [0.5, 0.6) is 5.75 Å². The van der Waals surface area contributed by atoms with Crippen molar-refractivity contribution in [3.8, 4) is 5.75 Å². The Morgan fingerprint density at radius 2 is 1.57 bits per heavy atom. The zero-order valence-electron chi connectivity index (χ0n) is 15.9. The van der Waals surface area contributed by atoms with Crippen LogP contribution in [0.3, 0.4) is 0 Å². The molecule has 0 aromatic heterocycles. The number of carbonyl (C=O) groups excluding carboxylic acids is 2. The second-order valence-corrected chi connectivity index (χ2v) is 6.94. The van der Waals surface area contributed by atoms with Gasteiger partial charge in [0.1, 0.15) is 17.3 Å². The number of benzene rings is 3. The average molecular weight is 423 g/mol. The third-order valence-corrected chi connectivity index (χ3v) is 4.91. The molecule has 0 saturated heterocycles. The molecule has 0 unspecified atom stereocenters. The molecule has 0 spiro atoms. The second kappa shape index (κ2) is 8.00. The third kappa shape index (κ3) is 3.53. The van der Waals surface area contributed by atoms with E-state index >= 15 is 0 Å². The standard InChI is InChI=1S/C23H16ClFN2O3/c1-30-19-5-3-2-4-18(19)20-21(26-16-10-8-15(25)9-11-16)23(29)27(22(20)28)17-12-6-14(24)7-13-17/h2-13,26H,1H3. The van der Waals surface area contributed by atoms with E-state index in [1.807, 2.05) is 0 Å². The van der Waals surface area contributed by atoms with Crippen LogP contribution in [0.1, 0.15) is 5.56 Å². The van der Waals surface area contributed by atoms with Crippen molar-refractivity contribution in [2.24, 2.45) is 0 Å². The summed E-state index contributed by atoms with van der Waals surface area (Å²) in [6.45, 7) is 0. The Morgan fingerprint density at radius 3 is 2.23 bits per heavy atom. The molecule has 0 saturated carbocycles. The Bertz CT molecular complexity index is 1160. The summed E-state index contributed by atoms with van der Waals surface area (Å²) in [4.78, 5) is 27.7. The summed E-state index contributed by atoms with van der Waals surface area (Å²) >= 11 is 5.95. The van der Waals surface area contributed by atoms with Gasteiger partial charge >= 0.3 is 0 Å². The fraction of sp³-hybridized carbons (Fsp3) is 0.0435. The van der Waals surface area contributed by atoms with E-state index in [4.69, 9.17) is 16.3 Å². The van der Waals surface area contributed by atoms with Crippen LogP contribution >= 0.6 is 11.6 Å². The fourth-order valence-electron chi connectivity index (χ4n) is 3.25.